The molecule has 2 aromatic carbocycles. The second kappa shape index (κ2) is 11.2. The lowest BCUT2D eigenvalue weighted by atomic mass is 10.0. The zero-order valence-electron chi connectivity index (χ0n) is 15.2. The van der Waals surface area contributed by atoms with Gasteiger partial charge in [-0.15, -0.1) is 12.4 Å². The lowest BCUT2D eigenvalue weighted by Gasteiger charge is -2.20. The Morgan fingerprint density at radius 2 is 1.85 bits per heavy atom. The summed E-state index contributed by atoms with van der Waals surface area (Å²) in [6.45, 7) is 2.82. The van der Waals surface area contributed by atoms with Gasteiger partial charge in [0.15, 0.2) is 0 Å². The Hall–Kier alpha value is -1.59. The lowest BCUT2D eigenvalue weighted by molar-refractivity contribution is 0.0600. The number of methoxy groups -OCH3 is 2. The van der Waals surface area contributed by atoms with Gasteiger partial charge in [0, 0.05) is 24.7 Å². The molecule has 0 saturated carbocycles. The smallest absolute Gasteiger partial charge is 0.337 e. The maximum atomic E-state index is 11.5. The molecule has 2 rings (SSSR count). The van der Waals surface area contributed by atoms with Crippen molar-refractivity contribution in [3.63, 3.8) is 0 Å². The van der Waals surface area contributed by atoms with E-state index in [-0.39, 0.29) is 30.5 Å². The van der Waals surface area contributed by atoms with Gasteiger partial charge in [0.2, 0.25) is 0 Å². The van der Waals surface area contributed by atoms with Crippen LogP contribution in [-0.4, -0.2) is 32.8 Å². The molecule has 0 radical (unpaired) electrons. The Labute approximate surface area is 166 Å². The molecular formula is C20H25Cl2NO3. The summed E-state index contributed by atoms with van der Waals surface area (Å²) in [6, 6.07) is 15.5. The molecule has 6 heteroatoms. The fourth-order valence-electron chi connectivity index (χ4n) is 2.67. The van der Waals surface area contributed by atoms with Gasteiger partial charge in [-0.1, -0.05) is 35.9 Å². The maximum absolute atomic E-state index is 11.5. The molecule has 2 unspecified atom stereocenters. The first kappa shape index (κ1) is 22.5. The molecule has 26 heavy (non-hydrogen) atoms. The summed E-state index contributed by atoms with van der Waals surface area (Å²) in [4.78, 5) is 11.5. The molecule has 0 aromatic heterocycles. The van der Waals surface area contributed by atoms with Crippen LogP contribution in [0.15, 0.2) is 48.5 Å². The summed E-state index contributed by atoms with van der Waals surface area (Å²) >= 11 is 6.05. The van der Waals surface area contributed by atoms with Crippen LogP contribution in [-0.2, 0) is 15.9 Å². The van der Waals surface area contributed by atoms with Gasteiger partial charge in [0.05, 0.1) is 18.8 Å². The molecule has 0 saturated heterocycles. The van der Waals surface area contributed by atoms with Crippen LogP contribution in [0.25, 0.3) is 0 Å². The van der Waals surface area contributed by atoms with Crippen LogP contribution in [0.3, 0.4) is 0 Å². The Morgan fingerprint density at radius 1 is 1.15 bits per heavy atom. The molecule has 0 fully saturated rings. The third kappa shape index (κ3) is 6.61. The zero-order valence-corrected chi connectivity index (χ0v) is 16.8. The Balaban J connectivity index is 0.00000338. The number of rotatable bonds is 8. The van der Waals surface area contributed by atoms with Crippen LogP contribution in [0.1, 0.15) is 34.5 Å². The number of ether oxygens (including phenoxy) is 2. The minimum atomic E-state index is -0.317. The highest BCUT2D eigenvalue weighted by Gasteiger charge is 2.13. The molecule has 0 spiro atoms. The van der Waals surface area contributed by atoms with E-state index in [1.807, 2.05) is 36.4 Å². The number of esters is 1. The maximum Gasteiger partial charge on any atom is 0.337 e. The number of carbonyl (C=O) groups excluding carboxylic acids is 1. The molecule has 142 valence electrons. The van der Waals surface area contributed by atoms with Crippen LogP contribution in [0.4, 0.5) is 0 Å². The Kier molecular flexibility index (Phi) is 9.66. The average Bonchev–Trinajstić information content (AvgIpc) is 2.62. The highest BCUT2D eigenvalue weighted by molar-refractivity contribution is 6.30. The van der Waals surface area contributed by atoms with Gasteiger partial charge in [-0.3, -0.25) is 0 Å². The molecule has 0 aliphatic rings. The first-order chi connectivity index (χ1) is 12.0. The summed E-state index contributed by atoms with van der Waals surface area (Å²) in [5, 5.41) is 4.20. The number of benzene rings is 2. The predicted molar refractivity (Wildman–Crippen MR) is 107 cm³/mol. The first-order valence-corrected chi connectivity index (χ1v) is 8.60. The zero-order chi connectivity index (χ0) is 18.2. The Bertz CT molecular complexity index is 692. The van der Waals surface area contributed by atoms with Crippen LogP contribution >= 0.6 is 24.0 Å². The van der Waals surface area contributed by atoms with Crippen molar-refractivity contribution in [2.45, 2.75) is 25.5 Å². The van der Waals surface area contributed by atoms with Crippen LogP contribution in [0.5, 0.6) is 0 Å². The summed E-state index contributed by atoms with van der Waals surface area (Å²) in [6.07, 6.45) is 0.802. The van der Waals surface area contributed by atoms with Gasteiger partial charge in [-0.2, -0.15) is 0 Å². The summed E-state index contributed by atoms with van der Waals surface area (Å²) < 4.78 is 10.3. The van der Waals surface area contributed by atoms with Gasteiger partial charge in [0.1, 0.15) is 0 Å². The SMILES string of the molecule is COC(=O)c1ccc(CC(C)NCC(OC)c2cccc(Cl)c2)cc1.Cl. The number of hydrogen-bond acceptors (Lipinski definition) is 4. The second-order valence-corrected chi connectivity index (χ2v) is 6.42. The van der Waals surface area contributed by atoms with Crippen LogP contribution in [0.2, 0.25) is 5.02 Å². The molecule has 4 nitrogen and oxygen atoms in total. The van der Waals surface area contributed by atoms with Gasteiger partial charge in [0.25, 0.3) is 0 Å². The molecule has 0 bridgehead atoms. The van der Waals surface area contributed by atoms with E-state index in [2.05, 4.69) is 12.2 Å². The Morgan fingerprint density at radius 3 is 2.42 bits per heavy atom. The van der Waals surface area contributed by atoms with E-state index < -0.39 is 0 Å². The molecule has 2 atom stereocenters. The normalized spacial score (nSPS) is 12.8. The first-order valence-electron chi connectivity index (χ1n) is 8.22. The summed E-state index contributed by atoms with van der Waals surface area (Å²) in [5.74, 6) is -0.317. The van der Waals surface area contributed by atoms with Crippen LogP contribution in [0, 0.1) is 0 Å². The molecule has 1 N–H and O–H groups in total. The molecule has 0 aliphatic heterocycles. The third-order valence-corrected chi connectivity index (χ3v) is 4.31. The number of halogens is 2. The highest BCUT2D eigenvalue weighted by Crippen LogP contribution is 2.20. The monoisotopic (exact) mass is 397 g/mol. The van der Waals surface area contributed by atoms with Crippen molar-refractivity contribution in [1.82, 2.24) is 5.32 Å². The van der Waals surface area contributed by atoms with Gasteiger partial charge in [-0.25, -0.2) is 4.79 Å². The average molecular weight is 398 g/mol. The number of carbonyl (C=O) groups is 1. The molecular weight excluding hydrogens is 373 g/mol. The van der Waals surface area contributed by atoms with Gasteiger partial charge >= 0.3 is 5.97 Å². The standard InChI is InChI=1S/C20H24ClNO3.ClH/c1-14(11-15-7-9-16(10-8-15)20(23)25-3)22-13-19(24-2)17-5-4-6-18(21)12-17;/h4-10,12,14,19,22H,11,13H2,1-3H3;1H. The van der Waals surface area contributed by atoms with Crippen molar-refractivity contribution >= 4 is 30.0 Å². The van der Waals surface area contributed by atoms with E-state index in [1.165, 1.54) is 7.11 Å². The topological polar surface area (TPSA) is 47.6 Å². The van der Waals surface area contributed by atoms with E-state index in [1.54, 1.807) is 19.2 Å². The minimum Gasteiger partial charge on any atom is -0.465 e. The molecule has 0 heterocycles. The van der Waals surface area contributed by atoms with E-state index in [0.717, 1.165) is 17.5 Å². The molecule has 0 aliphatic carbocycles. The predicted octanol–water partition coefficient (Wildman–Crippen LogP) is 4.46. The largest absolute Gasteiger partial charge is 0.465 e. The fourth-order valence-corrected chi connectivity index (χ4v) is 2.87. The van der Waals surface area contributed by atoms with Crippen molar-refractivity contribution in [1.29, 1.82) is 0 Å². The minimum absolute atomic E-state index is 0. The summed E-state index contributed by atoms with van der Waals surface area (Å²) in [5.41, 5.74) is 2.77. The van der Waals surface area contributed by atoms with Crippen LogP contribution < -0.4 is 5.32 Å². The van der Waals surface area contributed by atoms with Crippen molar-refractivity contribution < 1.29 is 14.3 Å². The number of hydrogen-bond donors (Lipinski definition) is 1. The number of nitrogens with one attached hydrogen (secondary N) is 1. The lowest BCUT2D eigenvalue weighted by Crippen LogP contribution is -2.32. The highest BCUT2D eigenvalue weighted by atomic mass is 35.5. The van der Waals surface area contributed by atoms with E-state index in [9.17, 15) is 4.79 Å². The molecule has 0 amide bonds. The quantitative estimate of drug-likeness (QED) is 0.668. The van der Waals surface area contributed by atoms with Gasteiger partial charge in [-0.05, 0) is 48.7 Å². The van der Waals surface area contributed by atoms with E-state index in [0.29, 0.717) is 17.1 Å². The second-order valence-electron chi connectivity index (χ2n) is 5.98. The van der Waals surface area contributed by atoms with Crippen molar-refractivity contribution in [3.05, 3.63) is 70.2 Å². The molecule has 2 aromatic rings. The van der Waals surface area contributed by atoms with E-state index >= 15 is 0 Å². The third-order valence-electron chi connectivity index (χ3n) is 4.07. The van der Waals surface area contributed by atoms with Crippen molar-refractivity contribution in [2.24, 2.45) is 0 Å². The summed E-state index contributed by atoms with van der Waals surface area (Å²) in [7, 11) is 3.08. The van der Waals surface area contributed by atoms with Gasteiger partial charge < -0.3 is 14.8 Å². The van der Waals surface area contributed by atoms with E-state index in [4.69, 9.17) is 21.1 Å². The van der Waals surface area contributed by atoms with Crippen molar-refractivity contribution in [3.8, 4) is 0 Å². The fraction of sp³-hybridized carbons (Fsp3) is 0.350. The van der Waals surface area contributed by atoms with Crippen molar-refractivity contribution in [2.75, 3.05) is 20.8 Å².